The molecule has 0 radical (unpaired) electrons. The molecule has 0 aliphatic carbocycles. The molecule has 1 unspecified atom stereocenters. The minimum atomic E-state index is -0.0363. The van der Waals surface area contributed by atoms with Crippen LogP contribution >= 0.6 is 0 Å². The fraction of sp³-hybridized carbons (Fsp3) is 0.310. The number of benzene rings is 2. The summed E-state index contributed by atoms with van der Waals surface area (Å²) in [6.45, 7) is 4.47. The topological polar surface area (TPSA) is 67.2 Å². The minimum absolute atomic E-state index is 0.0363. The van der Waals surface area contributed by atoms with Crippen LogP contribution in [0.3, 0.4) is 0 Å². The predicted molar refractivity (Wildman–Crippen MR) is 141 cm³/mol. The monoisotopic (exact) mass is 478 g/mol. The Balaban J connectivity index is 1.19. The summed E-state index contributed by atoms with van der Waals surface area (Å²) in [5.74, 6) is 2.57. The number of carbonyl (C=O) groups excluding carboxylic acids is 1. The van der Waals surface area contributed by atoms with E-state index in [2.05, 4.69) is 45.2 Å². The molecular formula is C29H30N6O. The fourth-order valence-electron chi connectivity index (χ4n) is 5.47. The van der Waals surface area contributed by atoms with Gasteiger partial charge in [0.25, 0.3) is 0 Å². The van der Waals surface area contributed by atoms with Crippen LogP contribution in [-0.2, 0) is 11.2 Å². The summed E-state index contributed by atoms with van der Waals surface area (Å²) in [6, 6.07) is 20.5. The van der Waals surface area contributed by atoms with Gasteiger partial charge in [-0.05, 0) is 56.4 Å². The Kier molecular flexibility index (Phi) is 5.97. The van der Waals surface area contributed by atoms with E-state index in [-0.39, 0.29) is 11.8 Å². The van der Waals surface area contributed by atoms with Crippen molar-refractivity contribution in [1.82, 2.24) is 19.7 Å². The van der Waals surface area contributed by atoms with E-state index >= 15 is 0 Å². The summed E-state index contributed by atoms with van der Waals surface area (Å²) in [7, 11) is 0. The highest BCUT2D eigenvalue weighted by Crippen LogP contribution is 2.31. The van der Waals surface area contributed by atoms with Gasteiger partial charge in [0.1, 0.15) is 5.82 Å². The Morgan fingerprint density at radius 3 is 2.61 bits per heavy atom. The van der Waals surface area contributed by atoms with Gasteiger partial charge in [-0.15, -0.1) is 10.2 Å². The number of imidazole rings is 1. The molecule has 0 spiro atoms. The molecule has 4 aromatic rings. The summed E-state index contributed by atoms with van der Waals surface area (Å²) in [5, 5.41) is 9.06. The van der Waals surface area contributed by atoms with Crippen LogP contribution in [0.1, 0.15) is 30.4 Å². The first kappa shape index (κ1) is 22.5. The van der Waals surface area contributed by atoms with Gasteiger partial charge in [-0.3, -0.25) is 9.36 Å². The van der Waals surface area contributed by atoms with Crippen LogP contribution in [0.2, 0.25) is 0 Å². The van der Waals surface area contributed by atoms with E-state index < -0.39 is 0 Å². The second kappa shape index (κ2) is 9.57. The van der Waals surface area contributed by atoms with Crippen LogP contribution in [0.25, 0.3) is 17.2 Å². The van der Waals surface area contributed by atoms with Crippen LogP contribution in [0, 0.1) is 12.8 Å². The molecule has 2 aliphatic rings. The number of rotatable bonds is 4. The molecule has 1 atom stereocenters. The molecule has 0 N–H and O–H groups in total. The Bertz CT molecular complexity index is 1360. The van der Waals surface area contributed by atoms with Gasteiger partial charge in [-0.2, -0.15) is 0 Å². The van der Waals surface area contributed by atoms with Gasteiger partial charge < -0.3 is 9.80 Å². The van der Waals surface area contributed by atoms with Crippen molar-refractivity contribution < 1.29 is 4.79 Å². The van der Waals surface area contributed by atoms with Crippen molar-refractivity contribution in [2.45, 2.75) is 32.6 Å². The van der Waals surface area contributed by atoms with Gasteiger partial charge in [0.05, 0.1) is 5.92 Å². The first-order valence-corrected chi connectivity index (χ1v) is 12.8. The van der Waals surface area contributed by atoms with Gasteiger partial charge >= 0.3 is 0 Å². The van der Waals surface area contributed by atoms with E-state index in [1.165, 1.54) is 11.1 Å². The molecule has 182 valence electrons. The fourth-order valence-corrected chi connectivity index (χ4v) is 5.47. The number of nitrogens with zero attached hydrogens (tertiary/aromatic N) is 6. The zero-order valence-corrected chi connectivity index (χ0v) is 20.5. The Hall–Kier alpha value is -4.00. The van der Waals surface area contributed by atoms with E-state index in [1.54, 1.807) is 6.20 Å². The Morgan fingerprint density at radius 2 is 1.78 bits per heavy atom. The third-order valence-electron chi connectivity index (χ3n) is 7.27. The number of fused-ring (bicyclic) bond motifs is 1. The van der Waals surface area contributed by atoms with Gasteiger partial charge in [0, 0.05) is 43.3 Å². The van der Waals surface area contributed by atoms with E-state index in [1.807, 2.05) is 58.1 Å². The lowest BCUT2D eigenvalue weighted by Gasteiger charge is -2.37. The second-order valence-electron chi connectivity index (χ2n) is 9.75. The zero-order valence-electron chi connectivity index (χ0n) is 20.5. The zero-order chi connectivity index (χ0) is 24.5. The highest BCUT2D eigenvalue weighted by molar-refractivity contribution is 5.96. The van der Waals surface area contributed by atoms with E-state index in [9.17, 15) is 4.79 Å². The summed E-state index contributed by atoms with van der Waals surface area (Å²) >= 11 is 0. The number of hydrogen-bond donors (Lipinski definition) is 0. The standard InChI is InChI=1S/C29H30N6O/c1-21-11-12-25-23(19-21)9-6-17-34(25)29(36)24-10-5-16-33(20-24)26-13-14-27(32-31-26)35-18-15-30-28(35)22-7-3-2-4-8-22/h2-4,7-8,11-15,18-19,24H,5-6,9-10,16-17,20H2,1H3. The third-order valence-corrected chi connectivity index (χ3v) is 7.27. The summed E-state index contributed by atoms with van der Waals surface area (Å²) in [6.07, 6.45) is 7.62. The lowest BCUT2D eigenvalue weighted by molar-refractivity contribution is -0.122. The molecule has 4 heterocycles. The first-order valence-electron chi connectivity index (χ1n) is 12.8. The smallest absolute Gasteiger partial charge is 0.231 e. The second-order valence-corrected chi connectivity index (χ2v) is 9.75. The molecule has 2 aromatic heterocycles. The van der Waals surface area contributed by atoms with Gasteiger partial charge in [-0.25, -0.2) is 4.98 Å². The van der Waals surface area contributed by atoms with Crippen LogP contribution < -0.4 is 9.80 Å². The third kappa shape index (κ3) is 4.26. The summed E-state index contributed by atoms with van der Waals surface area (Å²) in [5.41, 5.74) is 4.66. The molecule has 7 heteroatoms. The number of amides is 1. The van der Waals surface area contributed by atoms with Gasteiger partial charge in [0.15, 0.2) is 11.6 Å². The number of hydrogen-bond acceptors (Lipinski definition) is 5. The highest BCUT2D eigenvalue weighted by Gasteiger charge is 2.32. The predicted octanol–water partition coefficient (Wildman–Crippen LogP) is 4.83. The normalized spacial score (nSPS) is 17.6. The number of anilines is 2. The maximum Gasteiger partial charge on any atom is 0.231 e. The van der Waals surface area contributed by atoms with Crippen molar-refractivity contribution in [3.05, 3.63) is 84.2 Å². The highest BCUT2D eigenvalue weighted by atomic mass is 16.2. The molecule has 1 fully saturated rings. The van der Waals surface area contributed by atoms with Crippen molar-refractivity contribution in [2.75, 3.05) is 29.4 Å². The van der Waals surface area contributed by atoms with Crippen molar-refractivity contribution in [3.63, 3.8) is 0 Å². The van der Waals surface area contributed by atoms with Crippen molar-refractivity contribution >= 4 is 17.4 Å². The van der Waals surface area contributed by atoms with Gasteiger partial charge in [0.2, 0.25) is 5.91 Å². The molecule has 0 bridgehead atoms. The molecule has 0 saturated carbocycles. The maximum atomic E-state index is 13.6. The lowest BCUT2D eigenvalue weighted by atomic mass is 9.93. The minimum Gasteiger partial charge on any atom is -0.354 e. The summed E-state index contributed by atoms with van der Waals surface area (Å²) < 4.78 is 1.95. The van der Waals surface area contributed by atoms with E-state index in [0.717, 1.165) is 67.5 Å². The van der Waals surface area contributed by atoms with Crippen LogP contribution in [0.5, 0.6) is 0 Å². The average Bonchev–Trinajstić information content (AvgIpc) is 3.43. The molecule has 36 heavy (non-hydrogen) atoms. The molecule has 2 aromatic carbocycles. The average molecular weight is 479 g/mol. The Labute approximate surface area is 211 Å². The summed E-state index contributed by atoms with van der Waals surface area (Å²) in [4.78, 5) is 22.3. The quantitative estimate of drug-likeness (QED) is 0.420. The van der Waals surface area contributed by atoms with E-state index in [0.29, 0.717) is 6.54 Å². The van der Waals surface area contributed by atoms with Crippen LogP contribution in [-0.4, -0.2) is 45.3 Å². The molecular weight excluding hydrogens is 448 g/mol. The van der Waals surface area contributed by atoms with Crippen molar-refractivity contribution in [3.8, 4) is 17.2 Å². The lowest BCUT2D eigenvalue weighted by Crippen LogP contribution is -2.46. The maximum absolute atomic E-state index is 13.6. The number of piperidine rings is 1. The molecule has 1 amide bonds. The van der Waals surface area contributed by atoms with Gasteiger partial charge in [-0.1, -0.05) is 48.0 Å². The van der Waals surface area contributed by atoms with E-state index in [4.69, 9.17) is 0 Å². The molecule has 7 nitrogen and oxygen atoms in total. The van der Waals surface area contributed by atoms with Crippen molar-refractivity contribution in [2.24, 2.45) is 5.92 Å². The van der Waals surface area contributed by atoms with Crippen molar-refractivity contribution in [1.29, 1.82) is 0 Å². The first-order chi connectivity index (χ1) is 17.7. The number of aromatic nitrogens is 4. The largest absolute Gasteiger partial charge is 0.354 e. The SMILES string of the molecule is Cc1ccc2c(c1)CCCN2C(=O)C1CCCN(c2ccc(-n3ccnc3-c3ccccc3)nn2)C1. The number of carbonyl (C=O) groups is 1. The van der Waals surface area contributed by atoms with Crippen LogP contribution in [0.4, 0.5) is 11.5 Å². The Morgan fingerprint density at radius 1 is 0.944 bits per heavy atom. The molecule has 1 saturated heterocycles. The molecule has 2 aliphatic heterocycles. The molecule has 6 rings (SSSR count). The van der Waals surface area contributed by atoms with Crippen LogP contribution in [0.15, 0.2) is 73.1 Å². The number of aryl methyl sites for hydroxylation is 2.